The maximum Gasteiger partial charge on any atom is 0.157 e. The van der Waals surface area contributed by atoms with E-state index in [1.807, 2.05) is 12.1 Å². The maximum absolute atomic E-state index is 6.24. The first-order valence-corrected chi connectivity index (χ1v) is 10.2. The zero-order valence-corrected chi connectivity index (χ0v) is 19.1. The molecule has 0 unspecified atom stereocenters. The molecular formula is C18H14Cl6N2O3. The van der Waals surface area contributed by atoms with Gasteiger partial charge in [0.05, 0.1) is 27.6 Å². The van der Waals surface area contributed by atoms with E-state index in [0.29, 0.717) is 21.5 Å². The minimum atomic E-state index is 0.112. The lowest BCUT2D eigenvalue weighted by Crippen LogP contribution is -1.99. The average Bonchev–Trinajstić information content (AvgIpc) is 3.08. The fourth-order valence-corrected chi connectivity index (χ4v) is 2.79. The number of oxime groups is 1. The van der Waals surface area contributed by atoms with Gasteiger partial charge in [-0.3, -0.25) is 0 Å². The third-order valence-electron chi connectivity index (χ3n) is 3.18. The summed E-state index contributed by atoms with van der Waals surface area (Å²) in [5.41, 5.74) is 1.50. The molecule has 0 spiro atoms. The van der Waals surface area contributed by atoms with Crippen molar-refractivity contribution >= 4 is 75.8 Å². The monoisotopic (exact) mass is 516 g/mol. The van der Waals surface area contributed by atoms with Crippen LogP contribution in [0.1, 0.15) is 11.4 Å². The van der Waals surface area contributed by atoms with Crippen molar-refractivity contribution in [1.82, 2.24) is 4.98 Å². The van der Waals surface area contributed by atoms with Crippen molar-refractivity contribution in [1.29, 1.82) is 0 Å². The second-order valence-electron chi connectivity index (χ2n) is 5.27. The van der Waals surface area contributed by atoms with Crippen molar-refractivity contribution in [3.63, 3.8) is 0 Å². The van der Waals surface area contributed by atoms with Gasteiger partial charge in [0.25, 0.3) is 0 Å². The summed E-state index contributed by atoms with van der Waals surface area (Å²) in [7, 11) is 0. The molecule has 0 amide bonds. The summed E-state index contributed by atoms with van der Waals surface area (Å²) in [6.45, 7) is 0.561. The first-order chi connectivity index (χ1) is 13.8. The number of ether oxygens (including phenoxy) is 2. The van der Waals surface area contributed by atoms with Crippen LogP contribution in [0.5, 0.6) is 11.5 Å². The van der Waals surface area contributed by atoms with Gasteiger partial charge in [0.15, 0.2) is 5.75 Å². The molecule has 156 valence electrons. The smallest absolute Gasteiger partial charge is 0.157 e. The Kier molecular flexibility index (Phi) is 10.4. The largest absolute Gasteiger partial charge is 0.489 e. The van der Waals surface area contributed by atoms with E-state index in [4.69, 9.17) is 83.9 Å². The van der Waals surface area contributed by atoms with Crippen LogP contribution >= 0.6 is 69.6 Å². The van der Waals surface area contributed by atoms with Gasteiger partial charge >= 0.3 is 0 Å². The van der Waals surface area contributed by atoms with Crippen LogP contribution in [0.3, 0.4) is 0 Å². The van der Waals surface area contributed by atoms with Gasteiger partial charge in [0.2, 0.25) is 0 Å². The lowest BCUT2D eigenvalue weighted by Gasteiger charge is -2.11. The molecule has 0 saturated heterocycles. The van der Waals surface area contributed by atoms with E-state index in [-0.39, 0.29) is 28.8 Å². The van der Waals surface area contributed by atoms with Gasteiger partial charge in [0.1, 0.15) is 34.6 Å². The third kappa shape index (κ3) is 8.99. The molecule has 0 bridgehead atoms. The summed E-state index contributed by atoms with van der Waals surface area (Å²) >= 11 is 34.5. The van der Waals surface area contributed by atoms with Gasteiger partial charge in [-0.15, -0.1) is 0 Å². The number of hydrogen-bond acceptors (Lipinski definition) is 4. The number of halogens is 6. The molecule has 2 rings (SSSR count). The lowest BCUT2D eigenvalue weighted by atomic mass is 10.3. The number of nitrogens with zero attached hydrogens (tertiary/aromatic N) is 1. The molecule has 11 heteroatoms. The van der Waals surface area contributed by atoms with Crippen LogP contribution in [-0.2, 0) is 11.4 Å². The van der Waals surface area contributed by atoms with E-state index in [1.165, 1.54) is 18.4 Å². The fourth-order valence-electron chi connectivity index (χ4n) is 1.96. The molecule has 0 saturated carbocycles. The Hall–Kier alpha value is -1.21. The second kappa shape index (κ2) is 12.5. The Bertz CT molecular complexity index is 880. The zero-order valence-electron chi connectivity index (χ0n) is 14.6. The predicted molar refractivity (Wildman–Crippen MR) is 120 cm³/mol. The maximum atomic E-state index is 6.24. The topological polar surface area (TPSA) is 55.8 Å². The highest BCUT2D eigenvalue weighted by molar-refractivity contribution is 6.56. The van der Waals surface area contributed by atoms with Crippen molar-refractivity contribution in [3.8, 4) is 11.5 Å². The van der Waals surface area contributed by atoms with Gasteiger partial charge in [-0.1, -0.05) is 74.8 Å². The summed E-state index contributed by atoms with van der Waals surface area (Å²) in [6.07, 6.45) is 4.48. The zero-order chi connectivity index (χ0) is 21.2. The van der Waals surface area contributed by atoms with Crippen LogP contribution in [0.4, 0.5) is 0 Å². The first-order valence-electron chi connectivity index (χ1n) is 7.95. The number of nitrogens with one attached hydrogen (secondary N) is 1. The van der Waals surface area contributed by atoms with E-state index in [0.717, 1.165) is 11.4 Å². The molecule has 29 heavy (non-hydrogen) atoms. The van der Waals surface area contributed by atoms with Gasteiger partial charge in [-0.25, -0.2) is 0 Å². The minimum Gasteiger partial charge on any atom is -0.489 e. The summed E-state index contributed by atoms with van der Waals surface area (Å²) in [6, 6.07) is 6.82. The highest BCUT2D eigenvalue weighted by atomic mass is 35.5. The summed E-state index contributed by atoms with van der Waals surface area (Å²) in [5, 5.41) is 4.40. The van der Waals surface area contributed by atoms with Crippen molar-refractivity contribution in [2.75, 3.05) is 13.2 Å². The second-order valence-corrected chi connectivity index (χ2v) is 8.10. The Balaban J connectivity index is 1.91. The van der Waals surface area contributed by atoms with Crippen LogP contribution in [0, 0.1) is 0 Å². The summed E-state index contributed by atoms with van der Waals surface area (Å²) < 4.78 is 11.4. The third-order valence-corrected chi connectivity index (χ3v) is 4.36. The molecule has 2 aromatic rings. The van der Waals surface area contributed by atoms with E-state index in [1.54, 1.807) is 12.1 Å². The molecule has 0 atom stereocenters. The van der Waals surface area contributed by atoms with E-state index in [2.05, 4.69) is 10.1 Å². The Morgan fingerprint density at radius 2 is 1.59 bits per heavy atom. The molecule has 1 aromatic heterocycles. The van der Waals surface area contributed by atoms with Gasteiger partial charge in [-0.2, -0.15) is 0 Å². The van der Waals surface area contributed by atoms with Crippen molar-refractivity contribution in [2.24, 2.45) is 5.16 Å². The Labute approximate surface area is 197 Å². The molecule has 0 radical (unpaired) electrons. The molecule has 5 nitrogen and oxygen atoms in total. The standard InChI is InChI=1S/C18H14Cl6N2O3/c19-14-7-13(27-5-3-16(21)22)8-15(20)18(14)28-10-12-2-1-11(26-12)9-25-29-6-4-17(23)24/h1-4,7-9,26H,5-6,10H2. The van der Waals surface area contributed by atoms with E-state index < -0.39 is 0 Å². The highest BCUT2D eigenvalue weighted by Crippen LogP contribution is 2.37. The molecule has 1 N–H and O–H groups in total. The summed E-state index contributed by atoms with van der Waals surface area (Å²) in [4.78, 5) is 8.09. The van der Waals surface area contributed by atoms with Gasteiger partial charge in [0, 0.05) is 12.1 Å². The number of aromatic amines is 1. The number of H-pyrrole nitrogens is 1. The number of benzene rings is 1. The number of hydrogen-bond donors (Lipinski definition) is 1. The Morgan fingerprint density at radius 1 is 0.931 bits per heavy atom. The van der Waals surface area contributed by atoms with Crippen LogP contribution < -0.4 is 9.47 Å². The lowest BCUT2D eigenvalue weighted by molar-refractivity contribution is 0.176. The number of rotatable bonds is 10. The minimum absolute atomic E-state index is 0.112. The average molecular weight is 519 g/mol. The SMILES string of the molecule is ClC(Cl)=CCON=Cc1ccc(COc2c(Cl)cc(OCC=C(Cl)Cl)cc2Cl)[nH]1. The molecule has 0 fully saturated rings. The Morgan fingerprint density at radius 3 is 2.24 bits per heavy atom. The normalized spacial score (nSPS) is 10.7. The van der Waals surface area contributed by atoms with Crippen molar-refractivity contribution < 1.29 is 14.3 Å². The van der Waals surface area contributed by atoms with Gasteiger partial charge < -0.3 is 19.3 Å². The van der Waals surface area contributed by atoms with E-state index in [9.17, 15) is 0 Å². The fraction of sp³-hybridized carbons (Fsp3) is 0.167. The number of aromatic nitrogens is 1. The molecule has 1 aromatic carbocycles. The van der Waals surface area contributed by atoms with Crippen molar-refractivity contribution in [2.45, 2.75) is 6.61 Å². The molecule has 0 aliphatic rings. The van der Waals surface area contributed by atoms with Crippen molar-refractivity contribution in [3.05, 3.63) is 66.8 Å². The molecular weight excluding hydrogens is 505 g/mol. The highest BCUT2D eigenvalue weighted by Gasteiger charge is 2.11. The van der Waals surface area contributed by atoms with Crippen LogP contribution in [-0.4, -0.2) is 24.4 Å². The first kappa shape index (κ1) is 24.1. The predicted octanol–water partition coefficient (Wildman–Crippen LogP) is 7.27. The molecule has 0 aliphatic carbocycles. The van der Waals surface area contributed by atoms with Crippen LogP contribution in [0.25, 0.3) is 0 Å². The van der Waals surface area contributed by atoms with Crippen LogP contribution in [0.15, 0.2) is 50.6 Å². The molecule has 0 aliphatic heterocycles. The van der Waals surface area contributed by atoms with E-state index >= 15 is 0 Å². The summed E-state index contributed by atoms with van der Waals surface area (Å²) in [5.74, 6) is 0.798. The van der Waals surface area contributed by atoms with Gasteiger partial charge in [-0.05, 0) is 24.3 Å². The van der Waals surface area contributed by atoms with Crippen LogP contribution in [0.2, 0.25) is 10.0 Å². The molecule has 1 heterocycles. The quantitative estimate of drug-likeness (QED) is 0.204.